The molecule has 160 valence electrons. The molecule has 0 spiro atoms. The van der Waals surface area contributed by atoms with Gasteiger partial charge in [-0.2, -0.15) is 15.1 Å². The zero-order valence-corrected chi connectivity index (χ0v) is 18.4. The van der Waals surface area contributed by atoms with Crippen LogP contribution in [0.4, 0.5) is 10.6 Å². The zero-order valence-electron chi connectivity index (χ0n) is 17.7. The molecule has 1 atom stereocenters. The summed E-state index contributed by atoms with van der Waals surface area (Å²) < 4.78 is 13.0. The lowest BCUT2D eigenvalue weighted by Crippen LogP contribution is -2.36. The fourth-order valence-corrected chi connectivity index (χ4v) is 3.36. The second kappa shape index (κ2) is 8.71. The number of aryl methyl sites for hydroxylation is 1. The number of carbonyl (C=O) groups is 1. The Balaban J connectivity index is 1.74. The normalized spacial score (nSPS) is 17.4. The molecule has 9 nitrogen and oxygen atoms in total. The number of nitrogens with one attached hydrogen (secondary N) is 1. The van der Waals surface area contributed by atoms with Crippen molar-refractivity contribution in [1.29, 1.82) is 0 Å². The molecule has 0 saturated carbocycles. The van der Waals surface area contributed by atoms with Gasteiger partial charge in [0.2, 0.25) is 5.28 Å². The van der Waals surface area contributed by atoms with Crippen LogP contribution in [0.1, 0.15) is 52.0 Å². The van der Waals surface area contributed by atoms with E-state index in [0.29, 0.717) is 31.2 Å². The molecule has 0 aliphatic carbocycles. The van der Waals surface area contributed by atoms with Gasteiger partial charge in [-0.05, 0) is 58.6 Å². The van der Waals surface area contributed by atoms with Gasteiger partial charge in [0.25, 0.3) is 0 Å². The van der Waals surface area contributed by atoms with Gasteiger partial charge in [0.1, 0.15) is 11.4 Å². The number of anilines is 1. The smallest absolute Gasteiger partial charge is 0.410 e. The van der Waals surface area contributed by atoms with Crippen molar-refractivity contribution in [2.45, 2.75) is 58.8 Å². The van der Waals surface area contributed by atoms with E-state index < -0.39 is 5.60 Å². The monoisotopic (exact) mass is 424 g/mol. The Hall–Kier alpha value is -2.13. The van der Waals surface area contributed by atoms with Gasteiger partial charge in [-0.3, -0.25) is 0 Å². The van der Waals surface area contributed by atoms with Crippen molar-refractivity contribution >= 4 is 34.5 Å². The summed E-state index contributed by atoms with van der Waals surface area (Å²) in [7, 11) is 1.70. The fourth-order valence-electron chi connectivity index (χ4n) is 3.20. The molecule has 1 aliphatic rings. The summed E-state index contributed by atoms with van der Waals surface area (Å²) >= 11 is 6.18. The number of carbonyl (C=O) groups excluding carboxylic acids is 1. The summed E-state index contributed by atoms with van der Waals surface area (Å²) in [5.41, 5.74) is 0.920. The van der Waals surface area contributed by atoms with Crippen LogP contribution in [0, 0.1) is 6.92 Å². The van der Waals surface area contributed by atoms with E-state index in [2.05, 4.69) is 20.4 Å². The Bertz CT molecular complexity index is 873. The summed E-state index contributed by atoms with van der Waals surface area (Å²) in [6.45, 7) is 9.07. The molecule has 1 N–H and O–H groups in total. The number of ether oxygens (including phenoxy) is 2. The van der Waals surface area contributed by atoms with E-state index in [-0.39, 0.29) is 17.6 Å². The van der Waals surface area contributed by atoms with Crippen LogP contribution < -0.4 is 5.32 Å². The quantitative estimate of drug-likeness (QED) is 0.730. The second-order valence-electron chi connectivity index (χ2n) is 8.22. The average molecular weight is 425 g/mol. The van der Waals surface area contributed by atoms with Gasteiger partial charge in [0, 0.05) is 26.7 Å². The van der Waals surface area contributed by atoms with Crippen LogP contribution in [0.3, 0.4) is 0 Å². The summed E-state index contributed by atoms with van der Waals surface area (Å²) in [4.78, 5) is 22.4. The van der Waals surface area contributed by atoms with Crippen LogP contribution in [0.15, 0.2) is 0 Å². The van der Waals surface area contributed by atoms with Crippen molar-refractivity contribution in [1.82, 2.24) is 24.6 Å². The van der Waals surface area contributed by atoms with Crippen LogP contribution >= 0.6 is 11.6 Å². The van der Waals surface area contributed by atoms with E-state index in [1.54, 1.807) is 11.7 Å². The molecule has 10 heteroatoms. The Morgan fingerprint density at radius 2 is 2.14 bits per heavy atom. The molecule has 1 saturated heterocycles. The lowest BCUT2D eigenvalue weighted by atomic mass is 10.2. The Morgan fingerprint density at radius 1 is 1.38 bits per heavy atom. The topological polar surface area (TPSA) is 94.4 Å². The lowest BCUT2D eigenvalue weighted by Gasteiger charge is -2.24. The third kappa shape index (κ3) is 5.27. The molecule has 1 amide bonds. The van der Waals surface area contributed by atoms with E-state index in [1.165, 1.54) is 4.90 Å². The van der Waals surface area contributed by atoms with Gasteiger partial charge in [-0.25, -0.2) is 9.48 Å². The van der Waals surface area contributed by atoms with Crippen LogP contribution in [0.25, 0.3) is 11.0 Å². The largest absolute Gasteiger partial charge is 0.444 e. The zero-order chi connectivity index (χ0) is 21.2. The standard InChI is InChI=1S/C19H29ClN6O3/c1-12-14-15(21-9-10-25(5)18(27)29-19(2,3)4)22-17(20)23-16(14)26(24-12)13-8-6-7-11-28-13/h13H,6-11H2,1-5H3,(H,21,22,23). The molecule has 3 heterocycles. The first-order valence-corrected chi connectivity index (χ1v) is 10.3. The average Bonchev–Trinajstić information content (AvgIpc) is 2.97. The molecule has 1 aliphatic heterocycles. The number of amides is 1. The molecule has 2 aromatic heterocycles. The van der Waals surface area contributed by atoms with Gasteiger partial charge in [-0.1, -0.05) is 0 Å². The van der Waals surface area contributed by atoms with Crippen molar-refractivity contribution in [2.75, 3.05) is 32.1 Å². The lowest BCUT2D eigenvalue weighted by molar-refractivity contribution is -0.0371. The molecular formula is C19H29ClN6O3. The number of halogens is 1. The number of hydrogen-bond donors (Lipinski definition) is 1. The van der Waals surface area contributed by atoms with Crippen molar-refractivity contribution in [3.05, 3.63) is 11.0 Å². The van der Waals surface area contributed by atoms with E-state index in [0.717, 1.165) is 30.3 Å². The molecule has 0 bridgehead atoms. The number of aromatic nitrogens is 4. The highest BCUT2D eigenvalue weighted by Crippen LogP contribution is 2.30. The predicted molar refractivity (Wildman–Crippen MR) is 111 cm³/mol. The minimum Gasteiger partial charge on any atom is -0.444 e. The van der Waals surface area contributed by atoms with Gasteiger partial charge < -0.3 is 19.7 Å². The molecular weight excluding hydrogens is 396 g/mol. The highest BCUT2D eigenvalue weighted by Gasteiger charge is 2.24. The molecule has 3 rings (SSSR count). The SMILES string of the molecule is Cc1nn(C2CCCCO2)c2nc(Cl)nc(NCCN(C)C(=O)OC(C)(C)C)c12. The van der Waals surface area contributed by atoms with Crippen LogP contribution in [-0.4, -0.2) is 63.1 Å². The maximum atomic E-state index is 12.1. The Morgan fingerprint density at radius 3 is 2.79 bits per heavy atom. The summed E-state index contributed by atoms with van der Waals surface area (Å²) in [5.74, 6) is 0.595. The molecule has 29 heavy (non-hydrogen) atoms. The number of nitrogens with zero attached hydrogens (tertiary/aromatic N) is 5. The third-order valence-electron chi connectivity index (χ3n) is 4.57. The van der Waals surface area contributed by atoms with E-state index in [4.69, 9.17) is 21.1 Å². The first-order valence-electron chi connectivity index (χ1n) is 9.87. The van der Waals surface area contributed by atoms with E-state index >= 15 is 0 Å². The van der Waals surface area contributed by atoms with Gasteiger partial charge in [0.15, 0.2) is 11.9 Å². The summed E-state index contributed by atoms with van der Waals surface area (Å²) in [5, 5.41) is 8.83. The molecule has 0 radical (unpaired) electrons. The Kier molecular flexibility index (Phi) is 6.48. The summed E-state index contributed by atoms with van der Waals surface area (Å²) in [6, 6.07) is 0. The molecule has 1 fully saturated rings. The fraction of sp³-hybridized carbons (Fsp3) is 0.684. The first kappa shape index (κ1) is 21.6. The minimum absolute atomic E-state index is 0.137. The maximum Gasteiger partial charge on any atom is 0.410 e. The van der Waals surface area contributed by atoms with Crippen molar-refractivity contribution in [3.63, 3.8) is 0 Å². The highest BCUT2D eigenvalue weighted by molar-refractivity contribution is 6.28. The van der Waals surface area contributed by atoms with Gasteiger partial charge >= 0.3 is 6.09 Å². The Labute approximate surface area is 175 Å². The highest BCUT2D eigenvalue weighted by atomic mass is 35.5. The number of rotatable bonds is 5. The predicted octanol–water partition coefficient (Wildman–Crippen LogP) is 3.77. The number of fused-ring (bicyclic) bond motifs is 1. The second-order valence-corrected chi connectivity index (χ2v) is 8.56. The first-order chi connectivity index (χ1) is 13.7. The minimum atomic E-state index is -0.530. The molecule has 0 aromatic carbocycles. The van der Waals surface area contributed by atoms with Crippen LogP contribution in [-0.2, 0) is 9.47 Å². The summed E-state index contributed by atoms with van der Waals surface area (Å²) in [6.07, 6.45) is 2.52. The van der Waals surface area contributed by atoms with Crippen molar-refractivity contribution < 1.29 is 14.3 Å². The van der Waals surface area contributed by atoms with Gasteiger partial charge in [-0.15, -0.1) is 0 Å². The van der Waals surface area contributed by atoms with E-state index in [1.807, 2.05) is 27.7 Å². The molecule has 2 aromatic rings. The molecule has 1 unspecified atom stereocenters. The number of likely N-dealkylation sites (N-methyl/N-ethyl adjacent to an activating group) is 1. The van der Waals surface area contributed by atoms with Gasteiger partial charge in [0.05, 0.1) is 11.1 Å². The number of hydrogen-bond acceptors (Lipinski definition) is 7. The van der Waals surface area contributed by atoms with Crippen LogP contribution in [0.2, 0.25) is 5.28 Å². The van der Waals surface area contributed by atoms with Crippen molar-refractivity contribution in [2.24, 2.45) is 0 Å². The van der Waals surface area contributed by atoms with Crippen LogP contribution in [0.5, 0.6) is 0 Å². The maximum absolute atomic E-state index is 12.1. The van der Waals surface area contributed by atoms with Crippen molar-refractivity contribution in [3.8, 4) is 0 Å². The third-order valence-corrected chi connectivity index (χ3v) is 4.74. The van der Waals surface area contributed by atoms with E-state index in [9.17, 15) is 4.79 Å².